The molecule has 1 aromatic carbocycles. The average Bonchev–Trinajstić information content (AvgIpc) is 3.73. The zero-order chi connectivity index (χ0) is 26.4. The van der Waals surface area contributed by atoms with Crippen molar-refractivity contribution in [1.82, 2.24) is 15.1 Å². The lowest BCUT2D eigenvalue weighted by Crippen LogP contribution is -2.41. The summed E-state index contributed by atoms with van der Waals surface area (Å²) in [6.45, 7) is 2.94. The summed E-state index contributed by atoms with van der Waals surface area (Å²) < 4.78 is 10.7. The number of methoxy groups -OCH3 is 1. The summed E-state index contributed by atoms with van der Waals surface area (Å²) in [5, 5.41) is 17.1. The second kappa shape index (κ2) is 11.6. The van der Waals surface area contributed by atoms with Crippen LogP contribution in [0.2, 0.25) is 0 Å². The predicted molar refractivity (Wildman–Crippen MR) is 132 cm³/mol. The van der Waals surface area contributed by atoms with Gasteiger partial charge in [-0.25, -0.2) is 4.79 Å². The minimum absolute atomic E-state index is 0.0534. The number of carbonyl (C=O) groups is 3. The molecule has 0 unspecified atom stereocenters. The smallest absolute Gasteiger partial charge is 0.369 e. The molecule has 1 aromatic heterocycles. The van der Waals surface area contributed by atoms with Gasteiger partial charge in [-0.2, -0.15) is 0 Å². The number of nitrogens with two attached hydrogens (primary N) is 2. The number of rotatable bonds is 10. The topological polar surface area (TPSA) is 196 Å². The zero-order valence-corrected chi connectivity index (χ0v) is 20.2. The van der Waals surface area contributed by atoms with Gasteiger partial charge >= 0.3 is 5.97 Å². The number of hydrogen-bond donors (Lipinski definition) is 4. The van der Waals surface area contributed by atoms with Crippen LogP contribution < -0.4 is 26.8 Å². The van der Waals surface area contributed by atoms with Crippen LogP contribution in [-0.4, -0.2) is 78.7 Å². The molecule has 1 saturated carbocycles. The van der Waals surface area contributed by atoms with Crippen LogP contribution in [0.4, 0.5) is 17.2 Å². The van der Waals surface area contributed by atoms with Gasteiger partial charge in [0.1, 0.15) is 5.56 Å². The molecule has 2 amide bonds. The second-order valence-corrected chi connectivity index (χ2v) is 8.48. The number of para-hydroxylation sites is 1. The number of carbonyl (C=O) groups excluding carboxylic acids is 3. The number of primary amides is 1. The molecule has 37 heavy (non-hydrogen) atoms. The summed E-state index contributed by atoms with van der Waals surface area (Å²) in [6, 6.07) is 6.10. The first-order valence-electron chi connectivity index (χ1n) is 11.6. The Labute approximate surface area is 212 Å². The van der Waals surface area contributed by atoms with E-state index in [-0.39, 0.29) is 46.2 Å². The van der Waals surface area contributed by atoms with Crippen molar-refractivity contribution in [3.8, 4) is 5.75 Å². The molecule has 0 bridgehead atoms. The molecule has 196 valence electrons. The number of oxime groups is 1. The molecule has 4 rings (SSSR count). The molecule has 14 nitrogen and oxygen atoms in total. The standard InChI is InChI=1S/C23H28N8O6/c1-35-20-14(23(34)37-30-17(24)12-31-7-9-36-10-8-31)3-2-4-15(20)26-16-11-18(27-22(33)13-5-6-13)28-29-19(16)21(25)32/h2-4,11,13H,5-10,12H2,1H3,(H2,24,30)(H2,25,32)(H2,26,27,28,33). The maximum atomic E-state index is 12.8. The fourth-order valence-electron chi connectivity index (χ4n) is 3.63. The number of anilines is 3. The normalized spacial score (nSPS) is 16.1. The molecule has 1 saturated heterocycles. The minimum Gasteiger partial charge on any atom is -0.494 e. The Kier molecular flexibility index (Phi) is 8.10. The maximum absolute atomic E-state index is 12.8. The number of amidine groups is 1. The number of nitrogens with one attached hydrogen (secondary N) is 2. The number of aromatic nitrogens is 2. The highest BCUT2D eigenvalue weighted by atomic mass is 16.7. The number of morpholine rings is 1. The molecule has 0 spiro atoms. The molecule has 14 heteroatoms. The van der Waals surface area contributed by atoms with Gasteiger partial charge in [0, 0.05) is 25.1 Å². The van der Waals surface area contributed by atoms with Crippen LogP contribution >= 0.6 is 0 Å². The summed E-state index contributed by atoms with van der Waals surface area (Å²) in [4.78, 5) is 43.9. The molecular formula is C23H28N8O6. The van der Waals surface area contributed by atoms with Crippen LogP contribution in [0.5, 0.6) is 5.75 Å². The van der Waals surface area contributed by atoms with E-state index in [4.69, 9.17) is 25.8 Å². The van der Waals surface area contributed by atoms with Crippen molar-refractivity contribution < 1.29 is 28.7 Å². The highest BCUT2D eigenvalue weighted by Crippen LogP contribution is 2.34. The number of nitrogens with zero attached hydrogens (tertiary/aromatic N) is 4. The van der Waals surface area contributed by atoms with E-state index in [1.165, 1.54) is 19.2 Å². The van der Waals surface area contributed by atoms with E-state index in [1.807, 2.05) is 4.90 Å². The summed E-state index contributed by atoms with van der Waals surface area (Å²) in [7, 11) is 1.37. The van der Waals surface area contributed by atoms with Crippen LogP contribution in [0.3, 0.4) is 0 Å². The summed E-state index contributed by atoms with van der Waals surface area (Å²) in [6.07, 6.45) is 1.62. The van der Waals surface area contributed by atoms with Crippen molar-refractivity contribution in [3.63, 3.8) is 0 Å². The number of hydrogen-bond acceptors (Lipinski definition) is 11. The van der Waals surface area contributed by atoms with E-state index in [0.717, 1.165) is 12.8 Å². The van der Waals surface area contributed by atoms with Crippen LogP contribution in [0, 0.1) is 5.92 Å². The molecule has 1 aliphatic carbocycles. The highest BCUT2D eigenvalue weighted by Gasteiger charge is 2.30. The van der Waals surface area contributed by atoms with Crippen molar-refractivity contribution in [2.75, 3.05) is 50.6 Å². The van der Waals surface area contributed by atoms with Crippen LogP contribution in [0.15, 0.2) is 29.4 Å². The van der Waals surface area contributed by atoms with Gasteiger partial charge in [-0.1, -0.05) is 11.2 Å². The summed E-state index contributed by atoms with van der Waals surface area (Å²) >= 11 is 0. The molecule has 2 fully saturated rings. The van der Waals surface area contributed by atoms with Crippen molar-refractivity contribution in [2.45, 2.75) is 12.8 Å². The van der Waals surface area contributed by atoms with E-state index >= 15 is 0 Å². The number of benzene rings is 1. The second-order valence-electron chi connectivity index (χ2n) is 8.48. The lowest BCUT2D eigenvalue weighted by Gasteiger charge is -2.25. The largest absolute Gasteiger partial charge is 0.494 e. The van der Waals surface area contributed by atoms with Crippen LogP contribution in [-0.2, 0) is 14.4 Å². The van der Waals surface area contributed by atoms with E-state index in [1.54, 1.807) is 12.1 Å². The lowest BCUT2D eigenvalue weighted by atomic mass is 10.1. The minimum atomic E-state index is -0.838. The maximum Gasteiger partial charge on any atom is 0.369 e. The van der Waals surface area contributed by atoms with Gasteiger partial charge in [0.15, 0.2) is 23.1 Å². The summed E-state index contributed by atoms with van der Waals surface area (Å²) in [5.41, 5.74) is 11.7. The summed E-state index contributed by atoms with van der Waals surface area (Å²) in [5.74, 6) is -1.47. The Morgan fingerprint density at radius 2 is 1.92 bits per heavy atom. The quantitative estimate of drug-likeness (QED) is 0.149. The third-order valence-corrected chi connectivity index (χ3v) is 5.67. The van der Waals surface area contributed by atoms with Gasteiger partial charge in [-0.3, -0.25) is 14.5 Å². The van der Waals surface area contributed by atoms with E-state index in [2.05, 4.69) is 26.0 Å². The van der Waals surface area contributed by atoms with Gasteiger partial charge in [0.05, 0.1) is 38.2 Å². The molecule has 2 aromatic rings. The number of ether oxygens (including phenoxy) is 2. The lowest BCUT2D eigenvalue weighted by molar-refractivity contribution is -0.117. The molecule has 0 atom stereocenters. The monoisotopic (exact) mass is 512 g/mol. The third kappa shape index (κ3) is 6.68. The first kappa shape index (κ1) is 25.8. The van der Waals surface area contributed by atoms with Crippen molar-refractivity contribution in [2.24, 2.45) is 22.5 Å². The van der Waals surface area contributed by atoms with Gasteiger partial charge < -0.3 is 36.4 Å². The van der Waals surface area contributed by atoms with E-state index in [0.29, 0.717) is 38.5 Å². The molecule has 2 aliphatic rings. The Morgan fingerprint density at radius 3 is 2.59 bits per heavy atom. The highest BCUT2D eigenvalue weighted by molar-refractivity contribution is 6.00. The SMILES string of the molecule is COc1c(Nc2cc(NC(=O)C3CC3)nnc2C(N)=O)cccc1C(=O)O/N=C(\N)CN1CCOCC1. The van der Waals surface area contributed by atoms with Crippen molar-refractivity contribution in [1.29, 1.82) is 0 Å². The van der Waals surface area contributed by atoms with Gasteiger partial charge in [-0.15, -0.1) is 10.2 Å². The van der Waals surface area contributed by atoms with Crippen molar-refractivity contribution in [3.05, 3.63) is 35.5 Å². The predicted octanol–water partition coefficient (Wildman–Crippen LogP) is 0.437. The molecule has 0 radical (unpaired) electrons. The van der Waals surface area contributed by atoms with Gasteiger partial charge in [0.2, 0.25) is 5.91 Å². The Bertz CT molecular complexity index is 1210. The van der Waals surface area contributed by atoms with Gasteiger partial charge in [-0.05, 0) is 25.0 Å². The molecule has 6 N–H and O–H groups in total. The molecule has 1 aliphatic heterocycles. The first-order valence-corrected chi connectivity index (χ1v) is 11.6. The molecule has 2 heterocycles. The van der Waals surface area contributed by atoms with Crippen LogP contribution in [0.25, 0.3) is 0 Å². The Morgan fingerprint density at radius 1 is 1.16 bits per heavy atom. The fourth-order valence-corrected chi connectivity index (χ4v) is 3.63. The van der Waals surface area contributed by atoms with Gasteiger partial charge in [0.25, 0.3) is 5.91 Å². The van der Waals surface area contributed by atoms with E-state index < -0.39 is 11.9 Å². The third-order valence-electron chi connectivity index (χ3n) is 5.67. The molecular weight excluding hydrogens is 484 g/mol. The average molecular weight is 513 g/mol. The van der Waals surface area contributed by atoms with Crippen LogP contribution in [0.1, 0.15) is 33.7 Å². The Hall–Kier alpha value is -4.30. The Balaban J connectivity index is 1.52. The van der Waals surface area contributed by atoms with E-state index in [9.17, 15) is 14.4 Å². The zero-order valence-electron chi connectivity index (χ0n) is 20.2. The fraction of sp³-hybridized carbons (Fsp3) is 0.391. The van der Waals surface area contributed by atoms with Crippen molar-refractivity contribution >= 4 is 40.8 Å². The number of amides is 2. The first-order chi connectivity index (χ1) is 17.9.